The van der Waals surface area contributed by atoms with Crippen molar-refractivity contribution in [2.24, 2.45) is 5.73 Å². The van der Waals surface area contributed by atoms with Gasteiger partial charge in [0.25, 0.3) is 10.2 Å². The van der Waals surface area contributed by atoms with Crippen LogP contribution in [0.2, 0.25) is 0 Å². The lowest BCUT2D eigenvalue weighted by molar-refractivity contribution is 0.315. The van der Waals surface area contributed by atoms with Crippen molar-refractivity contribution in [1.82, 2.24) is 8.61 Å². The summed E-state index contributed by atoms with van der Waals surface area (Å²) in [4.78, 5) is 0. The van der Waals surface area contributed by atoms with Crippen LogP contribution in [0.25, 0.3) is 0 Å². The summed E-state index contributed by atoms with van der Waals surface area (Å²) in [6.07, 6.45) is 3.90. The van der Waals surface area contributed by atoms with Gasteiger partial charge in [-0.3, -0.25) is 0 Å². The summed E-state index contributed by atoms with van der Waals surface area (Å²) < 4.78 is 27.4. The van der Waals surface area contributed by atoms with Crippen LogP contribution in [0.3, 0.4) is 0 Å². The molecule has 1 atom stereocenters. The number of piperidine rings is 1. The fourth-order valence-electron chi connectivity index (χ4n) is 2.22. The smallest absolute Gasteiger partial charge is 0.282 e. The van der Waals surface area contributed by atoms with E-state index in [1.165, 1.54) is 4.31 Å². The van der Waals surface area contributed by atoms with Gasteiger partial charge in [-0.1, -0.05) is 6.42 Å². The quantitative estimate of drug-likeness (QED) is 0.777. The van der Waals surface area contributed by atoms with Crippen molar-refractivity contribution in [3.63, 3.8) is 0 Å². The van der Waals surface area contributed by atoms with Crippen LogP contribution in [0.1, 0.15) is 25.7 Å². The Bertz CT molecular complexity index is 306. The molecule has 0 aliphatic carbocycles. The van der Waals surface area contributed by atoms with Crippen LogP contribution in [0.15, 0.2) is 0 Å². The van der Waals surface area contributed by atoms with Gasteiger partial charge in [-0.15, -0.1) is 12.4 Å². The second kappa shape index (κ2) is 5.64. The van der Waals surface area contributed by atoms with E-state index in [2.05, 4.69) is 0 Å². The first-order valence-electron chi connectivity index (χ1n) is 5.61. The molecule has 2 saturated heterocycles. The van der Waals surface area contributed by atoms with Crippen molar-refractivity contribution in [2.45, 2.75) is 31.7 Å². The Balaban J connectivity index is 0.00000128. The number of nitrogens with two attached hydrogens (primary N) is 1. The van der Waals surface area contributed by atoms with Crippen LogP contribution >= 0.6 is 12.4 Å². The summed E-state index contributed by atoms with van der Waals surface area (Å²) in [5, 5.41) is 0. The predicted molar refractivity (Wildman–Crippen MR) is 65.8 cm³/mol. The Labute approximate surface area is 104 Å². The van der Waals surface area contributed by atoms with Gasteiger partial charge in [-0.25, -0.2) is 0 Å². The van der Waals surface area contributed by atoms with Gasteiger partial charge in [0.2, 0.25) is 0 Å². The van der Waals surface area contributed by atoms with Gasteiger partial charge in [0, 0.05) is 32.2 Å². The zero-order valence-corrected chi connectivity index (χ0v) is 11.0. The molecule has 2 heterocycles. The first-order chi connectivity index (χ1) is 7.10. The summed E-state index contributed by atoms with van der Waals surface area (Å²) in [5.41, 5.74) is 5.73. The molecule has 7 heteroatoms. The van der Waals surface area contributed by atoms with E-state index < -0.39 is 10.2 Å². The third-order valence-corrected chi connectivity index (χ3v) is 5.16. The molecule has 2 aliphatic rings. The first kappa shape index (κ1) is 14.2. The monoisotopic (exact) mass is 269 g/mol. The second-order valence-electron chi connectivity index (χ2n) is 4.37. The molecule has 0 amide bonds. The number of halogens is 1. The van der Waals surface area contributed by atoms with Gasteiger partial charge >= 0.3 is 0 Å². The van der Waals surface area contributed by atoms with E-state index >= 15 is 0 Å². The average Bonchev–Trinajstić information content (AvgIpc) is 2.67. The normalized spacial score (nSPS) is 28.9. The van der Waals surface area contributed by atoms with Gasteiger partial charge < -0.3 is 5.73 Å². The lowest BCUT2D eigenvalue weighted by Crippen LogP contribution is -2.45. The van der Waals surface area contributed by atoms with Gasteiger partial charge in [0.05, 0.1) is 0 Å². The van der Waals surface area contributed by atoms with E-state index in [9.17, 15) is 8.42 Å². The molecule has 0 aromatic heterocycles. The fraction of sp³-hybridized carbons (Fsp3) is 1.00. The molecule has 0 bridgehead atoms. The molecule has 0 unspecified atom stereocenters. The molecule has 0 aromatic carbocycles. The Kier molecular flexibility index (Phi) is 5.00. The summed E-state index contributed by atoms with van der Waals surface area (Å²) >= 11 is 0. The van der Waals surface area contributed by atoms with Crippen LogP contribution < -0.4 is 5.73 Å². The number of nitrogens with zero attached hydrogens (tertiary/aromatic N) is 2. The molecular formula is C9H20ClN3O2S. The minimum atomic E-state index is -3.21. The molecule has 2 N–H and O–H groups in total. The van der Waals surface area contributed by atoms with Crippen LogP contribution in [-0.2, 0) is 10.2 Å². The fourth-order valence-corrected chi connectivity index (χ4v) is 3.98. The molecule has 2 fully saturated rings. The number of hydrogen-bond donors (Lipinski definition) is 1. The van der Waals surface area contributed by atoms with Crippen molar-refractivity contribution in [3.05, 3.63) is 0 Å². The summed E-state index contributed by atoms with van der Waals surface area (Å²) in [7, 11) is -3.21. The number of rotatable bonds is 2. The minimum absolute atomic E-state index is 0. The molecule has 2 rings (SSSR count). The van der Waals surface area contributed by atoms with Gasteiger partial charge in [-0.05, 0) is 19.3 Å². The van der Waals surface area contributed by atoms with Gasteiger partial charge in [-0.2, -0.15) is 17.0 Å². The Morgan fingerprint density at radius 2 is 1.62 bits per heavy atom. The Morgan fingerprint density at radius 3 is 2.12 bits per heavy atom. The predicted octanol–water partition coefficient (Wildman–Crippen LogP) is 0.172. The molecule has 0 aromatic rings. The average molecular weight is 270 g/mol. The van der Waals surface area contributed by atoms with Crippen molar-refractivity contribution in [3.8, 4) is 0 Å². The van der Waals surface area contributed by atoms with E-state index in [1.807, 2.05) is 0 Å². The molecular weight excluding hydrogens is 250 g/mol. The lowest BCUT2D eigenvalue weighted by Gasteiger charge is -2.29. The van der Waals surface area contributed by atoms with Crippen molar-refractivity contribution in [1.29, 1.82) is 0 Å². The largest absolute Gasteiger partial charge is 0.326 e. The number of hydrogen-bond acceptors (Lipinski definition) is 3. The first-order valence-corrected chi connectivity index (χ1v) is 7.01. The van der Waals surface area contributed by atoms with Crippen LogP contribution in [0.5, 0.6) is 0 Å². The molecule has 0 radical (unpaired) electrons. The minimum Gasteiger partial charge on any atom is -0.326 e. The molecule has 2 aliphatic heterocycles. The van der Waals surface area contributed by atoms with E-state index in [1.54, 1.807) is 4.31 Å². The maximum atomic E-state index is 12.1. The topological polar surface area (TPSA) is 66.6 Å². The SMILES string of the molecule is Cl.N[C@@H]1CCN(S(=O)(=O)N2CCCCC2)C1. The molecule has 5 nitrogen and oxygen atoms in total. The molecule has 16 heavy (non-hydrogen) atoms. The van der Waals surface area contributed by atoms with Crippen LogP contribution in [0.4, 0.5) is 0 Å². The highest BCUT2D eigenvalue weighted by molar-refractivity contribution is 7.86. The standard InChI is InChI=1S/C9H19N3O2S.ClH/c10-9-4-7-12(8-9)15(13,14)11-5-2-1-3-6-11;/h9H,1-8,10H2;1H/t9-;/m1./s1. The van der Waals surface area contributed by atoms with Crippen molar-refractivity contribution >= 4 is 22.6 Å². The van der Waals surface area contributed by atoms with Crippen LogP contribution in [-0.4, -0.2) is 49.2 Å². The Morgan fingerprint density at radius 1 is 1.00 bits per heavy atom. The van der Waals surface area contributed by atoms with E-state index in [0.717, 1.165) is 25.7 Å². The molecule has 0 spiro atoms. The Hall–Kier alpha value is 0.120. The van der Waals surface area contributed by atoms with E-state index in [0.29, 0.717) is 26.2 Å². The third kappa shape index (κ3) is 2.87. The lowest BCUT2D eigenvalue weighted by atomic mass is 10.2. The highest BCUT2D eigenvalue weighted by atomic mass is 35.5. The summed E-state index contributed by atoms with van der Waals surface area (Å²) in [6.45, 7) is 2.42. The van der Waals surface area contributed by atoms with Gasteiger partial charge in [0.15, 0.2) is 0 Å². The summed E-state index contributed by atoms with van der Waals surface area (Å²) in [5.74, 6) is 0. The maximum absolute atomic E-state index is 12.1. The maximum Gasteiger partial charge on any atom is 0.282 e. The second-order valence-corrected chi connectivity index (χ2v) is 6.30. The van der Waals surface area contributed by atoms with E-state index in [-0.39, 0.29) is 18.4 Å². The zero-order chi connectivity index (χ0) is 10.9. The van der Waals surface area contributed by atoms with Crippen molar-refractivity contribution < 1.29 is 8.42 Å². The zero-order valence-electron chi connectivity index (χ0n) is 9.34. The molecule has 0 saturated carbocycles. The highest BCUT2D eigenvalue weighted by Gasteiger charge is 2.34. The highest BCUT2D eigenvalue weighted by Crippen LogP contribution is 2.19. The van der Waals surface area contributed by atoms with E-state index in [4.69, 9.17) is 5.73 Å². The third-order valence-electron chi connectivity index (χ3n) is 3.16. The molecule has 96 valence electrons. The van der Waals surface area contributed by atoms with Gasteiger partial charge in [0.1, 0.15) is 0 Å². The van der Waals surface area contributed by atoms with Crippen molar-refractivity contribution in [2.75, 3.05) is 26.2 Å². The summed E-state index contributed by atoms with van der Waals surface area (Å²) in [6, 6.07) is 0.0181. The van der Waals surface area contributed by atoms with Crippen LogP contribution in [0, 0.1) is 0 Å².